The molecule has 7 heteroatoms. The highest BCUT2D eigenvalue weighted by Crippen LogP contribution is 2.27. The maximum atomic E-state index is 12.5. The van der Waals surface area contributed by atoms with Crippen LogP contribution in [0.25, 0.3) is 0 Å². The molecule has 0 fully saturated rings. The van der Waals surface area contributed by atoms with Crippen LogP contribution in [0.2, 0.25) is 0 Å². The lowest BCUT2D eigenvalue weighted by Gasteiger charge is -2.34. The van der Waals surface area contributed by atoms with Crippen LogP contribution in [0.4, 0.5) is 0 Å². The van der Waals surface area contributed by atoms with Crippen LogP contribution in [-0.4, -0.2) is 41.0 Å². The van der Waals surface area contributed by atoms with Crippen LogP contribution in [0, 0.1) is 6.92 Å². The summed E-state index contributed by atoms with van der Waals surface area (Å²) in [5.74, 6) is -0.716. The first-order valence-electron chi connectivity index (χ1n) is 5.79. The van der Waals surface area contributed by atoms with Crippen LogP contribution in [0.3, 0.4) is 0 Å². The average molecular weight is 349 g/mol. The molecule has 1 heterocycles. The van der Waals surface area contributed by atoms with Crippen molar-refractivity contribution in [2.24, 2.45) is 0 Å². The molecule has 106 valence electrons. The van der Waals surface area contributed by atoms with Crippen LogP contribution >= 0.6 is 27.3 Å². The van der Waals surface area contributed by atoms with E-state index in [9.17, 15) is 9.59 Å². The molecule has 0 unspecified atom stereocenters. The van der Waals surface area contributed by atoms with E-state index in [1.807, 2.05) is 13.8 Å². The van der Waals surface area contributed by atoms with Gasteiger partial charge in [0.15, 0.2) is 5.01 Å². The first kappa shape index (κ1) is 16.1. The Labute approximate surface area is 125 Å². The Kier molecular flexibility index (Phi) is 5.09. The summed E-state index contributed by atoms with van der Waals surface area (Å²) >= 11 is 4.61. The zero-order chi connectivity index (χ0) is 14.8. The van der Waals surface area contributed by atoms with Gasteiger partial charge >= 0.3 is 5.97 Å². The number of esters is 1. The number of halogens is 1. The Morgan fingerprint density at radius 2 is 2.05 bits per heavy atom. The third-order valence-electron chi connectivity index (χ3n) is 2.84. The van der Waals surface area contributed by atoms with Crippen molar-refractivity contribution in [3.63, 3.8) is 0 Å². The normalized spacial score (nSPS) is 11.3. The highest BCUT2D eigenvalue weighted by molar-refractivity contribution is 9.11. The van der Waals surface area contributed by atoms with E-state index in [-0.39, 0.29) is 5.91 Å². The van der Waals surface area contributed by atoms with Gasteiger partial charge < -0.3 is 9.64 Å². The third-order valence-corrected chi connectivity index (χ3v) is 4.84. The molecule has 0 bridgehead atoms. The Hall–Kier alpha value is -0.950. The number of aryl methyl sites for hydroxylation is 1. The van der Waals surface area contributed by atoms with Crippen LogP contribution < -0.4 is 0 Å². The van der Waals surface area contributed by atoms with E-state index < -0.39 is 11.5 Å². The molecule has 19 heavy (non-hydrogen) atoms. The van der Waals surface area contributed by atoms with E-state index in [4.69, 9.17) is 4.74 Å². The minimum Gasteiger partial charge on any atom is -0.467 e. The van der Waals surface area contributed by atoms with Crippen molar-refractivity contribution >= 4 is 39.1 Å². The van der Waals surface area contributed by atoms with E-state index in [0.29, 0.717) is 11.6 Å². The molecule has 0 atom stereocenters. The second-order valence-electron chi connectivity index (χ2n) is 4.48. The number of thiazole rings is 1. The first-order chi connectivity index (χ1) is 8.75. The van der Waals surface area contributed by atoms with Gasteiger partial charge in [-0.3, -0.25) is 4.79 Å². The maximum Gasteiger partial charge on any atom is 0.331 e. The van der Waals surface area contributed by atoms with E-state index in [1.165, 1.54) is 23.3 Å². The highest BCUT2D eigenvalue weighted by Gasteiger charge is 2.39. The lowest BCUT2D eigenvalue weighted by Crippen LogP contribution is -2.53. The van der Waals surface area contributed by atoms with Gasteiger partial charge in [0.1, 0.15) is 5.54 Å². The van der Waals surface area contributed by atoms with Gasteiger partial charge in [-0.15, -0.1) is 11.3 Å². The van der Waals surface area contributed by atoms with Gasteiger partial charge in [-0.25, -0.2) is 9.78 Å². The predicted octanol–water partition coefficient (Wildman–Crippen LogP) is 2.63. The predicted molar refractivity (Wildman–Crippen MR) is 77.4 cm³/mol. The molecule has 0 aliphatic carbocycles. The van der Waals surface area contributed by atoms with Gasteiger partial charge in [-0.05, 0) is 43.6 Å². The van der Waals surface area contributed by atoms with Crippen molar-refractivity contribution < 1.29 is 14.3 Å². The number of carbonyl (C=O) groups excluding carboxylic acids is 2. The largest absolute Gasteiger partial charge is 0.467 e. The maximum absolute atomic E-state index is 12.5. The van der Waals surface area contributed by atoms with Gasteiger partial charge in [0.2, 0.25) is 0 Å². The minimum absolute atomic E-state index is 0.267. The van der Waals surface area contributed by atoms with Gasteiger partial charge in [-0.2, -0.15) is 0 Å². The average Bonchev–Trinajstić information content (AvgIpc) is 2.69. The van der Waals surface area contributed by atoms with Crippen molar-refractivity contribution in [3.05, 3.63) is 14.5 Å². The summed E-state index contributed by atoms with van der Waals surface area (Å²) in [6.07, 6.45) is 0. The molecule has 0 saturated carbocycles. The van der Waals surface area contributed by atoms with Crippen molar-refractivity contribution in [2.45, 2.75) is 33.2 Å². The topological polar surface area (TPSA) is 59.5 Å². The van der Waals surface area contributed by atoms with Crippen molar-refractivity contribution in [1.29, 1.82) is 0 Å². The van der Waals surface area contributed by atoms with Crippen molar-refractivity contribution in [3.8, 4) is 0 Å². The molecule has 0 saturated heterocycles. The zero-order valence-electron chi connectivity index (χ0n) is 11.6. The summed E-state index contributed by atoms with van der Waals surface area (Å²) in [6, 6.07) is 0. The monoisotopic (exact) mass is 348 g/mol. The number of ether oxygens (including phenoxy) is 1. The third kappa shape index (κ3) is 3.14. The number of rotatable bonds is 4. The Morgan fingerprint density at radius 1 is 1.47 bits per heavy atom. The fourth-order valence-electron chi connectivity index (χ4n) is 1.74. The summed E-state index contributed by atoms with van der Waals surface area (Å²) in [5.41, 5.74) is -0.257. The number of hydrogen-bond donors (Lipinski definition) is 0. The molecule has 0 N–H and O–H groups in total. The van der Waals surface area contributed by atoms with E-state index in [1.54, 1.807) is 13.8 Å². The minimum atomic E-state index is -1.02. The van der Waals surface area contributed by atoms with E-state index in [2.05, 4.69) is 20.9 Å². The standard InChI is InChI=1S/C12H17BrN2O3S/c1-6-15(12(3,4)11(17)18-5)10(16)9-14-7(2)8(13)19-9/h6H2,1-5H3. The quantitative estimate of drug-likeness (QED) is 0.784. The fourth-order valence-corrected chi connectivity index (χ4v) is 3.03. The Morgan fingerprint density at radius 3 is 2.42 bits per heavy atom. The SMILES string of the molecule is CCN(C(=O)c1nc(C)c(Br)s1)C(C)(C)C(=O)OC. The number of amides is 1. The number of nitrogens with zero attached hydrogens (tertiary/aromatic N) is 2. The summed E-state index contributed by atoms with van der Waals surface area (Å²) < 4.78 is 5.58. The lowest BCUT2D eigenvalue weighted by atomic mass is 10.0. The molecular weight excluding hydrogens is 332 g/mol. The van der Waals surface area contributed by atoms with Gasteiger partial charge in [0.25, 0.3) is 5.91 Å². The van der Waals surface area contributed by atoms with Gasteiger partial charge in [0.05, 0.1) is 16.6 Å². The highest BCUT2D eigenvalue weighted by atomic mass is 79.9. The number of aromatic nitrogens is 1. The number of likely N-dealkylation sites (N-methyl/N-ethyl adjacent to an activating group) is 1. The zero-order valence-corrected chi connectivity index (χ0v) is 14.0. The molecule has 0 aromatic carbocycles. The van der Waals surface area contributed by atoms with Gasteiger partial charge in [0, 0.05) is 6.54 Å². The molecule has 5 nitrogen and oxygen atoms in total. The van der Waals surface area contributed by atoms with Crippen molar-refractivity contribution in [1.82, 2.24) is 9.88 Å². The molecule has 0 aliphatic rings. The van der Waals surface area contributed by atoms with Crippen LogP contribution in [0.5, 0.6) is 0 Å². The first-order valence-corrected chi connectivity index (χ1v) is 7.40. The second-order valence-corrected chi connectivity index (χ2v) is 6.80. The molecule has 0 spiro atoms. The summed E-state index contributed by atoms with van der Waals surface area (Å²) in [6.45, 7) is 7.36. The molecule has 0 aliphatic heterocycles. The van der Waals surface area contributed by atoms with Gasteiger partial charge in [-0.1, -0.05) is 0 Å². The Balaban J connectivity index is 3.10. The smallest absolute Gasteiger partial charge is 0.331 e. The molecule has 1 aromatic rings. The summed E-state index contributed by atoms with van der Waals surface area (Å²) in [5, 5.41) is 0.364. The fraction of sp³-hybridized carbons (Fsp3) is 0.583. The molecular formula is C12H17BrN2O3S. The van der Waals surface area contributed by atoms with Crippen LogP contribution in [0.1, 0.15) is 36.3 Å². The molecule has 1 rings (SSSR count). The molecule has 0 radical (unpaired) electrons. The summed E-state index contributed by atoms with van der Waals surface area (Å²) in [4.78, 5) is 29.9. The van der Waals surface area contributed by atoms with E-state index >= 15 is 0 Å². The lowest BCUT2D eigenvalue weighted by molar-refractivity contribution is -0.151. The molecule has 1 aromatic heterocycles. The molecule has 1 amide bonds. The number of hydrogen-bond acceptors (Lipinski definition) is 5. The summed E-state index contributed by atoms with van der Waals surface area (Å²) in [7, 11) is 1.31. The van der Waals surface area contributed by atoms with Crippen LogP contribution in [0.15, 0.2) is 3.79 Å². The van der Waals surface area contributed by atoms with E-state index in [0.717, 1.165) is 9.48 Å². The Bertz CT molecular complexity index is 480. The van der Waals surface area contributed by atoms with Crippen LogP contribution in [-0.2, 0) is 9.53 Å². The van der Waals surface area contributed by atoms with Crippen molar-refractivity contribution in [2.75, 3.05) is 13.7 Å². The second kappa shape index (κ2) is 6.00. The number of methoxy groups -OCH3 is 1. The number of carbonyl (C=O) groups is 2.